The van der Waals surface area contributed by atoms with E-state index >= 15 is 0 Å². The van der Waals surface area contributed by atoms with Gasteiger partial charge in [0.15, 0.2) is 5.96 Å². The lowest BCUT2D eigenvalue weighted by atomic mass is 10.2. The number of hydrogen-bond donors (Lipinski definition) is 2. The lowest BCUT2D eigenvalue weighted by Crippen LogP contribution is -2.38. The number of carbonyl (C=O) groups is 2. The summed E-state index contributed by atoms with van der Waals surface area (Å²) >= 11 is 1.30. The highest BCUT2D eigenvalue weighted by Crippen LogP contribution is 2.24. The van der Waals surface area contributed by atoms with Crippen LogP contribution in [0.5, 0.6) is 0 Å². The maximum absolute atomic E-state index is 12.0. The van der Waals surface area contributed by atoms with E-state index in [9.17, 15) is 9.59 Å². The van der Waals surface area contributed by atoms with Crippen LogP contribution in [0.2, 0.25) is 0 Å². The lowest BCUT2D eigenvalue weighted by molar-refractivity contribution is 0.0529. The van der Waals surface area contributed by atoms with Crippen LogP contribution in [0.3, 0.4) is 0 Å². The third-order valence-corrected chi connectivity index (χ3v) is 5.43. The number of aromatic nitrogens is 1. The smallest absolute Gasteiger partial charge is 0.350 e. The van der Waals surface area contributed by atoms with E-state index < -0.39 is 5.97 Å². The summed E-state index contributed by atoms with van der Waals surface area (Å²) in [5.41, 5.74) is 1.03. The van der Waals surface area contributed by atoms with Gasteiger partial charge in [-0.05, 0) is 40.7 Å². The van der Waals surface area contributed by atoms with Crippen LogP contribution < -0.4 is 10.6 Å². The van der Waals surface area contributed by atoms with Crippen LogP contribution in [0.15, 0.2) is 15.5 Å². The molecule has 9 nitrogen and oxygen atoms in total. The fourth-order valence-electron chi connectivity index (χ4n) is 2.67. The monoisotopic (exact) mass is 436 g/mol. The fourth-order valence-corrected chi connectivity index (χ4v) is 3.63. The zero-order valence-corrected chi connectivity index (χ0v) is 18.9. The first-order valence-corrected chi connectivity index (χ1v) is 10.5. The van der Waals surface area contributed by atoms with E-state index in [-0.39, 0.29) is 18.6 Å². The molecule has 0 radical (unpaired) electrons. The SMILES string of the molecule is CCNC(=NCc1cc(C(=O)OC)c(C)o1)NC(C)c1nc(C)c(C(=O)OCC)s1. The molecule has 30 heavy (non-hydrogen) atoms. The Kier molecular flexibility index (Phi) is 8.40. The first-order valence-electron chi connectivity index (χ1n) is 9.67. The zero-order valence-electron chi connectivity index (χ0n) is 18.1. The molecule has 2 aromatic heterocycles. The van der Waals surface area contributed by atoms with Crippen molar-refractivity contribution >= 4 is 29.2 Å². The highest BCUT2D eigenvalue weighted by molar-refractivity contribution is 7.13. The molecule has 2 N–H and O–H groups in total. The molecule has 2 rings (SSSR count). The number of methoxy groups -OCH3 is 1. The Bertz CT molecular complexity index is 918. The van der Waals surface area contributed by atoms with Gasteiger partial charge < -0.3 is 24.5 Å². The van der Waals surface area contributed by atoms with Crippen molar-refractivity contribution in [3.63, 3.8) is 0 Å². The van der Waals surface area contributed by atoms with Gasteiger partial charge in [0.1, 0.15) is 33.5 Å². The lowest BCUT2D eigenvalue weighted by Gasteiger charge is -2.15. The molecule has 1 unspecified atom stereocenters. The number of aliphatic imine (C=N–C) groups is 1. The highest BCUT2D eigenvalue weighted by Gasteiger charge is 2.20. The van der Waals surface area contributed by atoms with Crippen LogP contribution in [-0.2, 0) is 16.0 Å². The highest BCUT2D eigenvalue weighted by atomic mass is 32.1. The van der Waals surface area contributed by atoms with Crippen LogP contribution in [0, 0.1) is 13.8 Å². The van der Waals surface area contributed by atoms with Crippen molar-refractivity contribution in [1.29, 1.82) is 0 Å². The van der Waals surface area contributed by atoms with Crippen LogP contribution in [0.4, 0.5) is 0 Å². The molecule has 0 aliphatic rings. The number of furan rings is 1. The Labute approximate surface area is 179 Å². The van der Waals surface area contributed by atoms with E-state index in [0.717, 1.165) is 5.01 Å². The minimum Gasteiger partial charge on any atom is -0.465 e. The van der Waals surface area contributed by atoms with E-state index in [2.05, 4.69) is 20.6 Å². The van der Waals surface area contributed by atoms with Gasteiger partial charge in [-0.1, -0.05) is 0 Å². The molecule has 0 aromatic carbocycles. The first-order chi connectivity index (χ1) is 14.3. The van der Waals surface area contributed by atoms with E-state index in [1.165, 1.54) is 18.4 Å². The van der Waals surface area contributed by atoms with Gasteiger partial charge >= 0.3 is 11.9 Å². The summed E-state index contributed by atoms with van der Waals surface area (Å²) in [4.78, 5) is 33.3. The van der Waals surface area contributed by atoms with Gasteiger partial charge in [-0.3, -0.25) is 0 Å². The average molecular weight is 437 g/mol. The number of aryl methyl sites for hydroxylation is 2. The summed E-state index contributed by atoms with van der Waals surface area (Å²) in [6, 6.07) is 1.45. The van der Waals surface area contributed by atoms with Crippen LogP contribution >= 0.6 is 11.3 Å². The van der Waals surface area contributed by atoms with Gasteiger partial charge in [0.05, 0.1) is 25.5 Å². The molecule has 0 saturated carbocycles. The van der Waals surface area contributed by atoms with Gasteiger partial charge in [0, 0.05) is 6.54 Å². The largest absolute Gasteiger partial charge is 0.465 e. The Balaban J connectivity index is 2.12. The van der Waals surface area contributed by atoms with Crippen molar-refractivity contribution in [2.45, 2.75) is 47.2 Å². The molecule has 0 aliphatic heterocycles. The van der Waals surface area contributed by atoms with E-state index in [4.69, 9.17) is 13.9 Å². The van der Waals surface area contributed by atoms with Gasteiger partial charge in [0.2, 0.25) is 0 Å². The van der Waals surface area contributed by atoms with E-state index in [1.807, 2.05) is 13.8 Å². The molecule has 2 aromatic rings. The normalized spacial score (nSPS) is 12.4. The maximum atomic E-state index is 12.0. The number of carbonyl (C=O) groups excluding carboxylic acids is 2. The van der Waals surface area contributed by atoms with Crippen LogP contribution in [-0.4, -0.2) is 43.1 Å². The van der Waals surface area contributed by atoms with Gasteiger partial charge in [-0.2, -0.15) is 0 Å². The fraction of sp³-hybridized carbons (Fsp3) is 0.500. The summed E-state index contributed by atoms with van der Waals surface area (Å²) in [5, 5.41) is 7.19. The molecular weight excluding hydrogens is 408 g/mol. The molecular formula is C20H28N4O5S. The Morgan fingerprint density at radius 2 is 2.03 bits per heavy atom. The quantitative estimate of drug-likeness (QED) is 0.368. The molecule has 0 spiro atoms. The molecule has 0 saturated heterocycles. The second-order valence-corrected chi connectivity index (χ2v) is 7.45. The van der Waals surface area contributed by atoms with Gasteiger partial charge in [-0.15, -0.1) is 11.3 Å². The topological polar surface area (TPSA) is 115 Å². The third kappa shape index (κ3) is 5.82. The number of esters is 2. The number of nitrogens with zero attached hydrogens (tertiary/aromatic N) is 2. The Hall–Kier alpha value is -2.88. The second-order valence-electron chi connectivity index (χ2n) is 6.42. The summed E-state index contributed by atoms with van der Waals surface area (Å²) in [6.07, 6.45) is 0. The Morgan fingerprint density at radius 3 is 2.67 bits per heavy atom. The number of nitrogens with one attached hydrogen (secondary N) is 2. The molecule has 164 valence electrons. The van der Waals surface area contributed by atoms with Crippen molar-refractivity contribution in [1.82, 2.24) is 15.6 Å². The third-order valence-electron chi connectivity index (χ3n) is 4.11. The standard InChI is InChI=1S/C20H28N4O5S/c1-7-21-20(22-10-14-9-15(13(5)29-14)18(25)27-6)24-12(4)17-23-11(3)16(30-17)19(26)28-8-2/h9,12H,7-8,10H2,1-6H3,(H2,21,22,24). The first kappa shape index (κ1) is 23.4. The molecule has 10 heteroatoms. The predicted octanol–water partition coefficient (Wildman–Crippen LogP) is 3.13. The minimum absolute atomic E-state index is 0.182. The molecule has 0 amide bonds. The molecule has 0 bridgehead atoms. The average Bonchev–Trinajstić information content (AvgIpc) is 3.28. The van der Waals surface area contributed by atoms with Crippen molar-refractivity contribution < 1.29 is 23.5 Å². The summed E-state index contributed by atoms with van der Waals surface area (Å²) in [5.74, 6) is 0.794. The van der Waals surface area contributed by atoms with Crippen LogP contribution in [0.1, 0.15) is 69.1 Å². The van der Waals surface area contributed by atoms with E-state index in [1.54, 1.807) is 26.8 Å². The molecule has 2 heterocycles. The van der Waals surface area contributed by atoms with E-state index in [0.29, 0.717) is 46.8 Å². The number of thiazole rings is 1. The predicted molar refractivity (Wildman–Crippen MR) is 114 cm³/mol. The molecule has 0 aliphatic carbocycles. The number of ether oxygens (including phenoxy) is 2. The van der Waals surface area contributed by atoms with Crippen LogP contribution in [0.25, 0.3) is 0 Å². The van der Waals surface area contributed by atoms with Gasteiger partial charge in [-0.25, -0.2) is 19.6 Å². The van der Waals surface area contributed by atoms with Crippen molar-refractivity contribution in [2.75, 3.05) is 20.3 Å². The summed E-state index contributed by atoms with van der Waals surface area (Å²) in [6.45, 7) is 10.4. The van der Waals surface area contributed by atoms with Gasteiger partial charge in [0.25, 0.3) is 0 Å². The molecule has 0 fully saturated rings. The summed E-state index contributed by atoms with van der Waals surface area (Å²) < 4.78 is 15.4. The maximum Gasteiger partial charge on any atom is 0.350 e. The minimum atomic E-state index is -0.443. The number of hydrogen-bond acceptors (Lipinski definition) is 8. The molecule has 1 atom stereocenters. The number of guanidine groups is 1. The second kappa shape index (κ2) is 10.8. The summed E-state index contributed by atoms with van der Waals surface area (Å²) in [7, 11) is 1.33. The zero-order chi connectivity index (χ0) is 22.3. The van der Waals surface area contributed by atoms with Crippen molar-refractivity contribution in [3.05, 3.63) is 38.7 Å². The Morgan fingerprint density at radius 1 is 1.30 bits per heavy atom. The van der Waals surface area contributed by atoms with Crippen molar-refractivity contribution in [2.24, 2.45) is 4.99 Å². The van der Waals surface area contributed by atoms with Crippen molar-refractivity contribution in [3.8, 4) is 0 Å². The number of rotatable bonds is 8.